The van der Waals surface area contributed by atoms with Crippen LogP contribution in [0.15, 0.2) is 82.0 Å². The molecule has 130 valence electrons. The quantitative estimate of drug-likeness (QED) is 0.578. The minimum atomic E-state index is -0.307. The Labute approximate surface area is 157 Å². The third-order valence-electron chi connectivity index (χ3n) is 5.00. The van der Waals surface area contributed by atoms with Gasteiger partial charge in [0.15, 0.2) is 5.43 Å². The largest absolute Gasteiger partial charge is 0.459 e. The molecule has 3 heteroatoms. The second-order valence-electron chi connectivity index (χ2n) is 6.39. The highest BCUT2D eigenvalue weighted by Gasteiger charge is 2.30. The number of nitrogens with zero attached hydrogens (tertiary/aromatic N) is 1. The van der Waals surface area contributed by atoms with Crippen molar-refractivity contribution in [3.8, 4) is 6.07 Å². The molecular weight excluding hydrogens is 334 g/mol. The van der Waals surface area contributed by atoms with Crippen LogP contribution >= 0.6 is 0 Å². The molecule has 0 aliphatic heterocycles. The van der Waals surface area contributed by atoms with E-state index < -0.39 is 0 Å². The van der Waals surface area contributed by atoms with Crippen LogP contribution in [0.25, 0.3) is 22.6 Å². The summed E-state index contributed by atoms with van der Waals surface area (Å²) in [7, 11) is 0. The van der Waals surface area contributed by atoms with E-state index in [4.69, 9.17) is 4.42 Å². The fourth-order valence-electron chi connectivity index (χ4n) is 3.71. The van der Waals surface area contributed by atoms with Gasteiger partial charge < -0.3 is 4.42 Å². The Morgan fingerprint density at radius 3 is 2.67 bits per heavy atom. The summed E-state index contributed by atoms with van der Waals surface area (Å²) in [5.41, 5.74) is 3.95. The van der Waals surface area contributed by atoms with E-state index in [1.165, 1.54) is 0 Å². The predicted octanol–water partition coefficient (Wildman–Crippen LogP) is 5.43. The smallest absolute Gasteiger partial charge is 0.200 e. The minimum absolute atomic E-state index is 0.128. The van der Waals surface area contributed by atoms with E-state index in [0.717, 1.165) is 16.7 Å². The fourth-order valence-corrected chi connectivity index (χ4v) is 3.71. The van der Waals surface area contributed by atoms with E-state index in [9.17, 15) is 10.1 Å². The average molecular weight is 351 g/mol. The van der Waals surface area contributed by atoms with E-state index in [2.05, 4.69) is 12.6 Å². The van der Waals surface area contributed by atoms with Crippen LogP contribution in [0.2, 0.25) is 0 Å². The third kappa shape index (κ3) is 2.54. The highest BCUT2D eigenvalue weighted by atomic mass is 16.3. The van der Waals surface area contributed by atoms with Crippen molar-refractivity contribution in [2.45, 2.75) is 12.8 Å². The molecule has 27 heavy (non-hydrogen) atoms. The highest BCUT2D eigenvalue weighted by Crippen LogP contribution is 2.41. The number of nitriles is 1. The molecule has 0 saturated carbocycles. The van der Waals surface area contributed by atoms with Gasteiger partial charge in [0.05, 0.1) is 28.5 Å². The topological polar surface area (TPSA) is 54.0 Å². The zero-order chi connectivity index (χ0) is 19.0. The Morgan fingerprint density at radius 2 is 1.93 bits per heavy atom. The molecule has 3 aromatic rings. The first-order valence-corrected chi connectivity index (χ1v) is 8.75. The van der Waals surface area contributed by atoms with Crippen molar-refractivity contribution in [1.29, 1.82) is 5.26 Å². The first-order valence-electron chi connectivity index (χ1n) is 8.75. The molecule has 0 spiro atoms. The highest BCUT2D eigenvalue weighted by molar-refractivity contribution is 5.94. The maximum Gasteiger partial charge on any atom is 0.200 e. The molecule has 0 radical (unpaired) electrons. The molecule has 1 atom stereocenters. The molecular formula is C24H17NO2. The van der Waals surface area contributed by atoms with E-state index in [-0.39, 0.29) is 11.3 Å². The normalized spacial score (nSPS) is 15.9. The van der Waals surface area contributed by atoms with Crippen molar-refractivity contribution in [3.05, 3.63) is 106 Å². The van der Waals surface area contributed by atoms with Crippen molar-refractivity contribution in [1.82, 2.24) is 0 Å². The zero-order valence-corrected chi connectivity index (χ0v) is 14.9. The van der Waals surface area contributed by atoms with Crippen LogP contribution in [0.3, 0.4) is 0 Å². The number of allylic oxidation sites excluding steroid dienone is 4. The Morgan fingerprint density at radius 1 is 1.19 bits per heavy atom. The lowest BCUT2D eigenvalue weighted by Gasteiger charge is -2.20. The van der Waals surface area contributed by atoms with Crippen LogP contribution in [-0.4, -0.2) is 0 Å². The summed E-state index contributed by atoms with van der Waals surface area (Å²) in [6.45, 7) is 5.87. The van der Waals surface area contributed by atoms with Gasteiger partial charge in [0.2, 0.25) is 0 Å². The molecule has 0 saturated heterocycles. The van der Waals surface area contributed by atoms with Gasteiger partial charge in [-0.25, -0.2) is 0 Å². The number of hydrogen-bond acceptors (Lipinski definition) is 3. The summed E-state index contributed by atoms with van der Waals surface area (Å²) >= 11 is 0. The van der Waals surface area contributed by atoms with Crippen molar-refractivity contribution >= 4 is 22.6 Å². The van der Waals surface area contributed by atoms with Gasteiger partial charge in [-0.1, -0.05) is 55.1 Å². The van der Waals surface area contributed by atoms with Gasteiger partial charge >= 0.3 is 0 Å². The first-order chi connectivity index (χ1) is 13.2. The van der Waals surface area contributed by atoms with Gasteiger partial charge in [0, 0.05) is 0 Å². The van der Waals surface area contributed by atoms with Gasteiger partial charge in [-0.2, -0.15) is 5.26 Å². The van der Waals surface area contributed by atoms with E-state index in [0.29, 0.717) is 27.9 Å². The summed E-state index contributed by atoms with van der Waals surface area (Å²) in [5.74, 6) is 0.238. The van der Waals surface area contributed by atoms with Gasteiger partial charge in [-0.15, -0.1) is 0 Å². The molecule has 1 aliphatic rings. The molecule has 0 amide bonds. The minimum Gasteiger partial charge on any atom is -0.459 e. The second-order valence-corrected chi connectivity index (χ2v) is 6.39. The van der Waals surface area contributed by atoms with Gasteiger partial charge in [0.1, 0.15) is 11.3 Å². The van der Waals surface area contributed by atoms with Gasteiger partial charge in [-0.3, -0.25) is 4.79 Å². The molecule has 4 rings (SSSR count). The molecule has 1 heterocycles. The molecule has 1 aromatic heterocycles. The van der Waals surface area contributed by atoms with Crippen molar-refractivity contribution < 1.29 is 4.42 Å². The zero-order valence-electron chi connectivity index (χ0n) is 14.9. The molecule has 0 N–H and O–H groups in total. The monoisotopic (exact) mass is 351 g/mol. The lowest BCUT2D eigenvalue weighted by Crippen LogP contribution is -2.13. The van der Waals surface area contributed by atoms with Crippen LogP contribution < -0.4 is 5.43 Å². The first kappa shape index (κ1) is 16.8. The van der Waals surface area contributed by atoms with Crippen LogP contribution in [0.4, 0.5) is 0 Å². The van der Waals surface area contributed by atoms with Gasteiger partial charge in [0.25, 0.3) is 0 Å². The maximum atomic E-state index is 13.2. The lowest BCUT2D eigenvalue weighted by atomic mass is 9.84. The van der Waals surface area contributed by atoms with Crippen LogP contribution in [0.5, 0.6) is 0 Å². The van der Waals surface area contributed by atoms with Crippen LogP contribution in [0.1, 0.15) is 35.3 Å². The van der Waals surface area contributed by atoms with Gasteiger partial charge in [-0.05, 0) is 41.8 Å². The number of rotatable bonds is 2. The number of benzene rings is 2. The Balaban J connectivity index is 2.21. The standard InChI is InChI=1S/C24H17NO2/c1-3-15(4-2)22-18-10-6-5-9-17(18)16(14-25)13-20-23(26)19-11-7-8-12-21(19)27-24(20)22/h3-13,22H,1H2,2H3/b15-4+. The molecule has 1 aliphatic carbocycles. The lowest BCUT2D eigenvalue weighted by molar-refractivity contribution is 0.526. The van der Waals surface area contributed by atoms with Crippen molar-refractivity contribution in [2.75, 3.05) is 0 Å². The Bertz CT molecular complexity index is 1240. The molecule has 1 unspecified atom stereocenters. The SMILES string of the molecule is C=C/C(=C\C)C1c2ccccc2C(C#N)=Cc2c1oc1ccccc1c2=O. The molecule has 3 nitrogen and oxygen atoms in total. The van der Waals surface area contributed by atoms with Crippen LogP contribution in [-0.2, 0) is 0 Å². The van der Waals surface area contributed by atoms with Crippen molar-refractivity contribution in [2.24, 2.45) is 0 Å². The summed E-state index contributed by atoms with van der Waals surface area (Å²) < 4.78 is 6.25. The van der Waals surface area contributed by atoms with E-state index >= 15 is 0 Å². The fraction of sp³-hybridized carbons (Fsp3) is 0.0833. The molecule has 0 fully saturated rings. The second kappa shape index (κ2) is 6.59. The van der Waals surface area contributed by atoms with Crippen LogP contribution in [0, 0.1) is 11.3 Å². The van der Waals surface area contributed by atoms with Crippen molar-refractivity contribution in [3.63, 3.8) is 0 Å². The number of hydrogen-bond donors (Lipinski definition) is 0. The van der Waals surface area contributed by atoms with E-state index in [1.54, 1.807) is 24.3 Å². The number of para-hydroxylation sites is 1. The molecule has 2 aromatic carbocycles. The summed E-state index contributed by atoms with van der Waals surface area (Å²) in [6.07, 6.45) is 5.39. The predicted molar refractivity (Wildman–Crippen MR) is 108 cm³/mol. The number of fused-ring (bicyclic) bond motifs is 3. The Hall–Kier alpha value is -3.64. The third-order valence-corrected chi connectivity index (χ3v) is 5.00. The molecule has 0 bridgehead atoms. The Kier molecular flexibility index (Phi) is 4.10. The summed E-state index contributed by atoms with van der Waals surface area (Å²) in [5, 5.41) is 10.3. The maximum absolute atomic E-state index is 13.2. The average Bonchev–Trinajstić information content (AvgIpc) is 2.85. The summed E-state index contributed by atoms with van der Waals surface area (Å²) in [6, 6.07) is 17.2. The van der Waals surface area contributed by atoms with E-state index in [1.807, 2.05) is 49.4 Å². The summed E-state index contributed by atoms with van der Waals surface area (Å²) in [4.78, 5) is 13.2.